The minimum atomic E-state index is -0.162. The molecule has 0 aliphatic heterocycles. The third-order valence-corrected chi connectivity index (χ3v) is 8.72. The molecule has 7 heteroatoms. The Morgan fingerprint density at radius 2 is 1.16 bits per heavy atom. The van der Waals surface area contributed by atoms with E-state index in [-0.39, 0.29) is 18.2 Å². The fraction of sp³-hybridized carbons (Fsp3) is 0.0833. The van der Waals surface area contributed by atoms with Crippen LogP contribution in [0.25, 0.3) is 0 Å². The summed E-state index contributed by atoms with van der Waals surface area (Å²) < 4.78 is 0. The first-order valence-corrected chi connectivity index (χ1v) is 15.9. The second kappa shape index (κ2) is 15.4. The summed E-state index contributed by atoms with van der Waals surface area (Å²) in [7, 11) is 0. The van der Waals surface area contributed by atoms with Crippen molar-refractivity contribution in [2.24, 2.45) is 5.16 Å². The smallest absolute Gasteiger partial charge is 0.210 e. The number of hydrogen-bond acceptors (Lipinski definition) is 6. The topological polar surface area (TPSA) is 55.7 Å². The Morgan fingerprint density at radius 3 is 1.79 bits per heavy atom. The number of rotatable bonds is 13. The van der Waals surface area contributed by atoms with Gasteiger partial charge in [-0.05, 0) is 78.4 Å². The van der Waals surface area contributed by atoms with Gasteiger partial charge in [0.05, 0.1) is 0 Å². The van der Waals surface area contributed by atoms with E-state index < -0.39 is 0 Å². The maximum absolute atomic E-state index is 13.5. The van der Waals surface area contributed by atoms with Crippen molar-refractivity contribution in [2.45, 2.75) is 27.7 Å². The minimum absolute atomic E-state index is 0.00297. The molecule has 5 aromatic carbocycles. The van der Waals surface area contributed by atoms with E-state index >= 15 is 0 Å². The molecule has 0 aliphatic rings. The van der Waals surface area contributed by atoms with Gasteiger partial charge in [0.2, 0.25) is 5.78 Å². The number of thioether (sulfide) groups is 1. The maximum Gasteiger partial charge on any atom is 0.210 e. The highest BCUT2D eigenvalue weighted by molar-refractivity contribution is 7.99. The zero-order chi connectivity index (χ0) is 29.9. The van der Waals surface area contributed by atoms with Crippen molar-refractivity contribution in [3.8, 4) is 0 Å². The largest absolute Gasteiger partial charge is 0.391 e. The lowest BCUT2D eigenvalue weighted by Crippen LogP contribution is -2.16. The van der Waals surface area contributed by atoms with Gasteiger partial charge in [0, 0.05) is 48.6 Å². The molecule has 0 fully saturated rings. The Hall–Kier alpha value is -4.10. The molecule has 43 heavy (non-hydrogen) atoms. The SMILES string of the molecule is O=C(C(CCSc1ccc(Cl)cc1)=NOCc1ccccc1)c1ccc(Sc2ccc(C(=O)c3ccccc3)cc2)cc1. The van der Waals surface area contributed by atoms with E-state index in [1.807, 2.05) is 133 Å². The molecule has 0 saturated heterocycles. The molecule has 0 bridgehead atoms. The lowest BCUT2D eigenvalue weighted by molar-refractivity contribution is 0.102. The van der Waals surface area contributed by atoms with Crippen LogP contribution in [0.2, 0.25) is 5.02 Å². The van der Waals surface area contributed by atoms with Gasteiger partial charge in [0.15, 0.2) is 5.78 Å². The van der Waals surface area contributed by atoms with Crippen LogP contribution in [0, 0.1) is 0 Å². The number of halogens is 1. The van der Waals surface area contributed by atoms with Crippen LogP contribution in [0.1, 0.15) is 38.3 Å². The Bertz CT molecular complexity index is 1670. The average Bonchev–Trinajstić information content (AvgIpc) is 3.06. The molecule has 214 valence electrons. The van der Waals surface area contributed by atoms with Crippen molar-refractivity contribution in [3.63, 3.8) is 0 Å². The first-order valence-electron chi connectivity index (χ1n) is 13.7. The molecule has 0 N–H and O–H groups in total. The predicted molar refractivity (Wildman–Crippen MR) is 177 cm³/mol. The highest BCUT2D eigenvalue weighted by Crippen LogP contribution is 2.29. The molecule has 0 radical (unpaired) electrons. The summed E-state index contributed by atoms with van der Waals surface area (Å²) >= 11 is 9.20. The second-order valence-electron chi connectivity index (χ2n) is 9.52. The van der Waals surface area contributed by atoms with E-state index in [0.717, 1.165) is 20.2 Å². The number of carbonyl (C=O) groups excluding carboxylic acids is 2. The van der Waals surface area contributed by atoms with E-state index in [2.05, 4.69) is 5.16 Å². The normalized spacial score (nSPS) is 11.2. The summed E-state index contributed by atoms with van der Waals surface area (Å²) in [6.45, 7) is 0.285. The number of oxime groups is 1. The van der Waals surface area contributed by atoms with E-state index in [0.29, 0.717) is 39.6 Å². The number of hydrogen-bond donors (Lipinski definition) is 0. The Morgan fingerprint density at radius 1 is 0.628 bits per heavy atom. The summed E-state index contributed by atoms with van der Waals surface area (Å²) in [5.74, 6) is 0.499. The zero-order valence-corrected chi connectivity index (χ0v) is 25.6. The number of carbonyl (C=O) groups is 2. The van der Waals surface area contributed by atoms with Gasteiger partial charge in [-0.1, -0.05) is 89.2 Å². The van der Waals surface area contributed by atoms with Crippen LogP contribution in [0.5, 0.6) is 0 Å². The Kier molecular flexibility index (Phi) is 10.9. The van der Waals surface area contributed by atoms with Crippen molar-refractivity contribution < 1.29 is 14.4 Å². The van der Waals surface area contributed by atoms with Crippen LogP contribution < -0.4 is 0 Å². The zero-order valence-electron chi connectivity index (χ0n) is 23.2. The van der Waals surface area contributed by atoms with Crippen molar-refractivity contribution in [2.75, 3.05) is 5.75 Å². The van der Waals surface area contributed by atoms with Crippen LogP contribution in [0.4, 0.5) is 0 Å². The molecule has 0 heterocycles. The molecule has 0 saturated carbocycles. The second-order valence-corrected chi connectivity index (χ2v) is 12.3. The summed E-state index contributed by atoms with van der Waals surface area (Å²) in [6.07, 6.45) is 0.450. The Balaban J connectivity index is 1.23. The van der Waals surface area contributed by atoms with Crippen LogP contribution >= 0.6 is 35.1 Å². The summed E-state index contributed by atoms with van der Waals surface area (Å²) in [6, 6.07) is 41.7. The third-order valence-electron chi connectivity index (χ3n) is 6.44. The van der Waals surface area contributed by atoms with Gasteiger partial charge in [0.1, 0.15) is 12.3 Å². The highest BCUT2D eigenvalue weighted by Gasteiger charge is 2.16. The first kappa shape index (κ1) is 30.4. The van der Waals surface area contributed by atoms with Crippen molar-refractivity contribution in [3.05, 3.63) is 161 Å². The van der Waals surface area contributed by atoms with Gasteiger partial charge in [-0.3, -0.25) is 9.59 Å². The van der Waals surface area contributed by atoms with Gasteiger partial charge in [-0.25, -0.2) is 0 Å². The van der Waals surface area contributed by atoms with Gasteiger partial charge in [-0.15, -0.1) is 11.8 Å². The molecular formula is C36H28ClNO3S2. The van der Waals surface area contributed by atoms with Gasteiger partial charge < -0.3 is 4.84 Å². The van der Waals surface area contributed by atoms with Crippen LogP contribution in [0.15, 0.2) is 153 Å². The molecule has 4 nitrogen and oxygen atoms in total. The summed E-state index contributed by atoms with van der Waals surface area (Å²) in [5, 5.41) is 4.96. The number of nitrogens with zero attached hydrogens (tertiary/aromatic N) is 1. The average molecular weight is 622 g/mol. The highest BCUT2D eigenvalue weighted by atomic mass is 35.5. The monoisotopic (exact) mass is 621 g/mol. The molecule has 5 rings (SSSR count). The standard InChI is InChI=1S/C36H28ClNO3S2/c37-30-15-21-31(22-16-30)42-24-23-34(38-41-25-26-7-3-1-4-8-26)36(40)29-13-19-33(20-14-29)43-32-17-11-28(12-18-32)35(39)27-9-5-2-6-10-27/h1-22H,23-25H2. The minimum Gasteiger partial charge on any atom is -0.391 e. The van der Waals surface area contributed by atoms with Crippen LogP contribution in [-0.4, -0.2) is 23.0 Å². The van der Waals surface area contributed by atoms with Gasteiger partial charge in [-0.2, -0.15) is 0 Å². The van der Waals surface area contributed by atoms with E-state index in [1.54, 1.807) is 23.5 Å². The third kappa shape index (κ3) is 8.94. The quantitative estimate of drug-likeness (QED) is 0.0567. The molecule has 0 unspecified atom stereocenters. The number of ketones is 2. The van der Waals surface area contributed by atoms with Gasteiger partial charge >= 0.3 is 0 Å². The Labute approximate surface area is 265 Å². The predicted octanol–water partition coefficient (Wildman–Crippen LogP) is 9.66. The maximum atomic E-state index is 13.5. The van der Waals surface area contributed by atoms with Crippen LogP contribution in [0.3, 0.4) is 0 Å². The van der Waals surface area contributed by atoms with Gasteiger partial charge in [0.25, 0.3) is 0 Å². The fourth-order valence-electron chi connectivity index (χ4n) is 4.16. The molecular weight excluding hydrogens is 594 g/mol. The molecule has 0 atom stereocenters. The number of benzene rings is 5. The molecule has 5 aromatic rings. The first-order chi connectivity index (χ1) is 21.0. The lowest BCUT2D eigenvalue weighted by atomic mass is 10.0. The molecule has 0 spiro atoms. The summed E-state index contributed by atoms with van der Waals surface area (Å²) in [4.78, 5) is 34.8. The lowest BCUT2D eigenvalue weighted by Gasteiger charge is -2.08. The van der Waals surface area contributed by atoms with Crippen LogP contribution in [-0.2, 0) is 11.4 Å². The molecule has 0 aromatic heterocycles. The molecule has 0 aliphatic carbocycles. The van der Waals surface area contributed by atoms with Crippen molar-refractivity contribution >= 4 is 52.4 Å². The molecule has 0 amide bonds. The van der Waals surface area contributed by atoms with E-state index in [4.69, 9.17) is 16.4 Å². The number of Topliss-reactive ketones (excluding diaryl/α,β-unsaturated/α-hetero) is 1. The van der Waals surface area contributed by atoms with E-state index in [9.17, 15) is 9.59 Å². The van der Waals surface area contributed by atoms with E-state index in [1.165, 1.54) is 0 Å². The van der Waals surface area contributed by atoms with Crippen molar-refractivity contribution in [1.29, 1.82) is 0 Å². The summed E-state index contributed by atoms with van der Waals surface area (Å²) in [5.41, 5.74) is 3.21. The fourth-order valence-corrected chi connectivity index (χ4v) is 5.97. The van der Waals surface area contributed by atoms with Crippen molar-refractivity contribution in [1.82, 2.24) is 0 Å².